The predicted octanol–water partition coefficient (Wildman–Crippen LogP) is 2.27. The third kappa shape index (κ3) is 4.12. The molecule has 0 saturated heterocycles. The first-order valence-electron chi connectivity index (χ1n) is 5.79. The largest absolute Gasteiger partial charge is 0.487 e. The Morgan fingerprint density at radius 1 is 1.44 bits per heavy atom. The van der Waals surface area contributed by atoms with Gasteiger partial charge in [-0.3, -0.25) is 0 Å². The van der Waals surface area contributed by atoms with E-state index in [9.17, 15) is 0 Å². The third-order valence-electron chi connectivity index (χ3n) is 2.61. The average molecular weight is 241 g/mol. The van der Waals surface area contributed by atoms with Crippen LogP contribution in [0.2, 0.25) is 0 Å². The van der Waals surface area contributed by atoms with Crippen LogP contribution in [0.15, 0.2) is 12.1 Å². The van der Waals surface area contributed by atoms with Gasteiger partial charge in [0.05, 0.1) is 13.7 Å². The van der Waals surface area contributed by atoms with Crippen LogP contribution in [0.25, 0.3) is 0 Å². The number of nitrogens with one attached hydrogen (secondary N) is 1. The fourth-order valence-corrected chi connectivity index (χ4v) is 2.24. The molecule has 0 aliphatic heterocycles. The van der Waals surface area contributed by atoms with Crippen LogP contribution in [0.4, 0.5) is 0 Å². The summed E-state index contributed by atoms with van der Waals surface area (Å²) in [4.78, 5) is 1.30. The Kier molecular flexibility index (Phi) is 4.63. The van der Waals surface area contributed by atoms with Gasteiger partial charge in [0, 0.05) is 24.6 Å². The van der Waals surface area contributed by atoms with E-state index in [0.29, 0.717) is 0 Å². The number of thiophene rings is 1. The van der Waals surface area contributed by atoms with Crippen LogP contribution in [0.3, 0.4) is 0 Å². The lowest BCUT2D eigenvalue weighted by Gasteiger charge is -2.04. The fraction of sp³-hybridized carbons (Fsp3) is 0.667. The highest BCUT2D eigenvalue weighted by molar-refractivity contribution is 7.13. The molecule has 16 heavy (non-hydrogen) atoms. The van der Waals surface area contributed by atoms with Crippen LogP contribution in [0, 0.1) is 5.92 Å². The van der Waals surface area contributed by atoms with Gasteiger partial charge < -0.3 is 14.8 Å². The number of hydrogen-bond donors (Lipinski definition) is 1. The number of rotatable bonds is 8. The number of methoxy groups -OCH3 is 1. The maximum atomic E-state index is 5.54. The Bertz CT molecular complexity index is 310. The molecule has 0 amide bonds. The van der Waals surface area contributed by atoms with E-state index in [-0.39, 0.29) is 0 Å². The van der Waals surface area contributed by atoms with Gasteiger partial charge in [0.2, 0.25) is 0 Å². The lowest BCUT2D eigenvalue weighted by Crippen LogP contribution is -2.19. The van der Waals surface area contributed by atoms with Crippen molar-refractivity contribution in [3.05, 3.63) is 17.0 Å². The molecule has 0 aromatic carbocycles. The minimum absolute atomic E-state index is 0.818. The monoisotopic (exact) mass is 241 g/mol. The van der Waals surface area contributed by atoms with Gasteiger partial charge in [-0.15, -0.1) is 11.3 Å². The Hall–Kier alpha value is -0.580. The zero-order valence-electron chi connectivity index (χ0n) is 9.70. The van der Waals surface area contributed by atoms with E-state index in [1.165, 1.54) is 17.7 Å². The number of hydrogen-bond acceptors (Lipinski definition) is 4. The van der Waals surface area contributed by atoms with Gasteiger partial charge >= 0.3 is 0 Å². The molecule has 1 N–H and O–H groups in total. The van der Waals surface area contributed by atoms with Gasteiger partial charge in [-0.1, -0.05) is 0 Å². The van der Waals surface area contributed by atoms with Crippen molar-refractivity contribution in [2.24, 2.45) is 5.92 Å². The summed E-state index contributed by atoms with van der Waals surface area (Å²) in [5.41, 5.74) is 0. The lowest BCUT2D eigenvalue weighted by molar-refractivity contribution is 0.126. The third-order valence-corrected chi connectivity index (χ3v) is 3.66. The highest BCUT2D eigenvalue weighted by Gasteiger charge is 2.20. The molecule has 2 rings (SSSR count). The maximum absolute atomic E-state index is 5.54. The van der Waals surface area contributed by atoms with E-state index < -0.39 is 0 Å². The summed E-state index contributed by atoms with van der Waals surface area (Å²) in [6, 6.07) is 4.10. The van der Waals surface area contributed by atoms with E-state index in [4.69, 9.17) is 9.47 Å². The normalized spacial score (nSPS) is 15.3. The summed E-state index contributed by atoms with van der Waals surface area (Å²) < 4.78 is 10.7. The minimum Gasteiger partial charge on any atom is -0.487 e. The molecule has 0 atom stereocenters. The summed E-state index contributed by atoms with van der Waals surface area (Å²) in [7, 11) is 1.70. The van der Waals surface area contributed by atoms with Crippen LogP contribution in [0.1, 0.15) is 17.7 Å². The van der Waals surface area contributed by atoms with Crippen molar-refractivity contribution in [3.8, 4) is 5.06 Å². The molecule has 4 heteroatoms. The molecular weight excluding hydrogens is 222 g/mol. The molecule has 1 aromatic heterocycles. The van der Waals surface area contributed by atoms with E-state index in [0.717, 1.165) is 37.3 Å². The topological polar surface area (TPSA) is 30.5 Å². The van der Waals surface area contributed by atoms with Crippen molar-refractivity contribution in [2.75, 3.05) is 26.9 Å². The Morgan fingerprint density at radius 3 is 3.00 bits per heavy atom. The molecule has 1 aromatic rings. The molecular formula is C12H19NO2S. The summed E-state index contributed by atoms with van der Waals surface area (Å²) in [6.07, 6.45) is 2.73. The summed E-state index contributed by atoms with van der Waals surface area (Å²) in [5, 5.41) is 4.34. The molecule has 1 aliphatic rings. The first kappa shape index (κ1) is 11.9. The Morgan fingerprint density at radius 2 is 2.31 bits per heavy atom. The second kappa shape index (κ2) is 6.23. The van der Waals surface area contributed by atoms with Gasteiger partial charge in [0.1, 0.15) is 0 Å². The molecule has 1 fully saturated rings. The van der Waals surface area contributed by atoms with Gasteiger partial charge in [0.25, 0.3) is 0 Å². The molecule has 1 saturated carbocycles. The molecule has 0 unspecified atom stereocenters. The van der Waals surface area contributed by atoms with Crippen LogP contribution in [-0.4, -0.2) is 26.9 Å². The van der Waals surface area contributed by atoms with E-state index in [2.05, 4.69) is 11.4 Å². The molecule has 90 valence electrons. The molecule has 0 radical (unpaired) electrons. The van der Waals surface area contributed by atoms with Crippen molar-refractivity contribution in [2.45, 2.75) is 19.4 Å². The van der Waals surface area contributed by atoms with Gasteiger partial charge in [-0.2, -0.15) is 0 Å². The zero-order valence-corrected chi connectivity index (χ0v) is 10.5. The molecule has 0 bridgehead atoms. The van der Waals surface area contributed by atoms with Crippen molar-refractivity contribution < 1.29 is 9.47 Å². The second-order valence-corrected chi connectivity index (χ2v) is 5.25. The predicted molar refractivity (Wildman–Crippen MR) is 66.1 cm³/mol. The van der Waals surface area contributed by atoms with Crippen LogP contribution in [0.5, 0.6) is 5.06 Å². The van der Waals surface area contributed by atoms with Crippen molar-refractivity contribution >= 4 is 11.3 Å². The van der Waals surface area contributed by atoms with Crippen molar-refractivity contribution in [3.63, 3.8) is 0 Å². The second-order valence-electron chi connectivity index (χ2n) is 4.12. The molecule has 1 aliphatic carbocycles. The average Bonchev–Trinajstić information content (AvgIpc) is 3.01. The van der Waals surface area contributed by atoms with Crippen LogP contribution < -0.4 is 10.1 Å². The van der Waals surface area contributed by atoms with Crippen LogP contribution in [-0.2, 0) is 11.3 Å². The minimum atomic E-state index is 0.818. The highest BCUT2D eigenvalue weighted by atomic mass is 32.1. The van der Waals surface area contributed by atoms with E-state index in [1.54, 1.807) is 18.4 Å². The lowest BCUT2D eigenvalue weighted by atomic mass is 10.4. The summed E-state index contributed by atoms with van der Waals surface area (Å²) >= 11 is 1.69. The van der Waals surface area contributed by atoms with E-state index in [1.807, 2.05) is 6.07 Å². The van der Waals surface area contributed by atoms with Gasteiger partial charge in [0.15, 0.2) is 5.06 Å². The smallest absolute Gasteiger partial charge is 0.173 e. The highest BCUT2D eigenvalue weighted by Crippen LogP contribution is 2.28. The molecule has 3 nitrogen and oxygen atoms in total. The molecule has 1 heterocycles. The Labute approximate surface area is 101 Å². The SMILES string of the molecule is COc1ccc(CNCCOCC2CC2)s1. The standard InChI is InChI=1S/C12H19NO2S/c1-14-12-5-4-11(16-12)8-13-6-7-15-9-10-2-3-10/h4-5,10,13H,2-3,6-9H2,1H3. The first-order valence-corrected chi connectivity index (χ1v) is 6.61. The Balaban J connectivity index is 1.49. The summed E-state index contributed by atoms with van der Waals surface area (Å²) in [6.45, 7) is 3.60. The quantitative estimate of drug-likeness (QED) is 0.708. The van der Waals surface area contributed by atoms with Gasteiger partial charge in [-0.25, -0.2) is 0 Å². The van der Waals surface area contributed by atoms with Crippen molar-refractivity contribution in [1.82, 2.24) is 5.32 Å². The fourth-order valence-electron chi connectivity index (χ4n) is 1.45. The first-order chi connectivity index (χ1) is 7.88. The summed E-state index contributed by atoms with van der Waals surface area (Å²) in [5.74, 6) is 0.863. The van der Waals surface area contributed by atoms with Gasteiger partial charge in [-0.05, 0) is 30.9 Å². The zero-order chi connectivity index (χ0) is 11.2. The maximum Gasteiger partial charge on any atom is 0.173 e. The molecule has 0 spiro atoms. The number of ether oxygens (including phenoxy) is 2. The van der Waals surface area contributed by atoms with Crippen LogP contribution >= 0.6 is 11.3 Å². The van der Waals surface area contributed by atoms with E-state index >= 15 is 0 Å². The van der Waals surface area contributed by atoms with Crippen molar-refractivity contribution in [1.29, 1.82) is 0 Å².